The predicted octanol–water partition coefficient (Wildman–Crippen LogP) is 1.97. The number of rotatable bonds is 0. The van der Waals surface area contributed by atoms with Gasteiger partial charge in [-0.25, -0.2) is 8.42 Å². The lowest BCUT2D eigenvalue weighted by molar-refractivity contribution is 0.605. The third-order valence-corrected chi connectivity index (χ3v) is 3.78. The molecule has 0 fully saturated rings. The molecule has 2 rings (SSSR count). The molecule has 0 spiro atoms. The van der Waals surface area contributed by atoms with Crippen LogP contribution in [0.1, 0.15) is 11.1 Å². The van der Waals surface area contributed by atoms with Crippen molar-refractivity contribution < 1.29 is 8.42 Å². The molecule has 3 nitrogen and oxygen atoms in total. The van der Waals surface area contributed by atoms with Gasteiger partial charge >= 0.3 is 0 Å². The van der Waals surface area contributed by atoms with E-state index >= 15 is 0 Å². The Balaban J connectivity index is 2.93. The van der Waals surface area contributed by atoms with Crippen molar-refractivity contribution in [2.24, 2.45) is 0 Å². The van der Waals surface area contributed by atoms with E-state index in [0.29, 0.717) is 5.56 Å². The minimum Gasteiger partial charge on any atom is -0.219 e. The molecule has 5 heteroatoms. The maximum Gasteiger partial charge on any atom is 0.201 e. The number of benzene rings is 1. The molecule has 0 aliphatic carbocycles. The van der Waals surface area contributed by atoms with Gasteiger partial charge in [0.05, 0.1) is 15.5 Å². The Morgan fingerprint density at radius 3 is 2.71 bits per heavy atom. The molecular formula is C9H4ClNO2S. The van der Waals surface area contributed by atoms with Crippen molar-refractivity contribution in [2.45, 2.75) is 4.90 Å². The fraction of sp³-hybridized carbons (Fsp3) is 0. The largest absolute Gasteiger partial charge is 0.219 e. The zero-order valence-electron chi connectivity index (χ0n) is 6.86. The van der Waals surface area contributed by atoms with E-state index in [1.165, 1.54) is 12.1 Å². The summed E-state index contributed by atoms with van der Waals surface area (Å²) in [4.78, 5) is 0.0208. The summed E-state index contributed by atoms with van der Waals surface area (Å²) in [5.74, 6) is 0. The minimum atomic E-state index is -3.46. The van der Waals surface area contributed by atoms with Crippen molar-refractivity contribution in [1.82, 2.24) is 0 Å². The number of hydrogen-bond acceptors (Lipinski definition) is 3. The van der Waals surface area contributed by atoms with Gasteiger partial charge in [0, 0.05) is 5.41 Å². The molecule has 1 heterocycles. The Kier molecular flexibility index (Phi) is 1.88. The highest BCUT2D eigenvalue weighted by Crippen LogP contribution is 2.33. The first-order valence-electron chi connectivity index (χ1n) is 3.72. The molecule has 0 radical (unpaired) electrons. The van der Waals surface area contributed by atoms with Gasteiger partial charge in [-0.05, 0) is 17.7 Å². The van der Waals surface area contributed by atoms with Crippen LogP contribution in [0.3, 0.4) is 0 Å². The average molecular weight is 226 g/mol. The molecule has 0 bridgehead atoms. The maximum absolute atomic E-state index is 11.5. The summed E-state index contributed by atoms with van der Waals surface area (Å²) in [6.45, 7) is 0. The summed E-state index contributed by atoms with van der Waals surface area (Å²) in [6.07, 6.45) is 1.46. The van der Waals surface area contributed by atoms with E-state index in [9.17, 15) is 8.42 Å². The lowest BCUT2D eigenvalue weighted by atomic mass is 10.1. The van der Waals surface area contributed by atoms with Gasteiger partial charge in [0.1, 0.15) is 6.07 Å². The highest BCUT2D eigenvalue weighted by atomic mass is 35.5. The van der Waals surface area contributed by atoms with Gasteiger partial charge in [0.25, 0.3) is 0 Å². The highest BCUT2D eigenvalue weighted by Gasteiger charge is 2.25. The van der Waals surface area contributed by atoms with Crippen molar-refractivity contribution in [1.29, 1.82) is 5.26 Å². The number of hydrogen-bond donors (Lipinski definition) is 0. The number of fused-ring (bicyclic) bond motifs is 1. The van der Waals surface area contributed by atoms with Gasteiger partial charge in [0.2, 0.25) is 9.84 Å². The van der Waals surface area contributed by atoms with Gasteiger partial charge in [-0.3, -0.25) is 0 Å². The Bertz CT molecular complexity index is 582. The first kappa shape index (κ1) is 9.25. The molecule has 1 aromatic rings. The lowest BCUT2D eigenvalue weighted by Gasteiger charge is -2.02. The van der Waals surface area contributed by atoms with Crippen molar-refractivity contribution in [3.05, 3.63) is 33.7 Å². The third kappa shape index (κ3) is 1.14. The minimum absolute atomic E-state index is 0.0208. The zero-order chi connectivity index (χ0) is 10.3. The molecule has 0 aromatic heterocycles. The second-order valence-corrected chi connectivity index (χ2v) is 4.98. The molecule has 0 saturated heterocycles. The molecule has 1 aliphatic rings. The molecule has 0 amide bonds. The summed E-state index contributed by atoms with van der Waals surface area (Å²) in [5.41, 5.74) is 0.542. The standard InChI is InChI=1S/C9H4ClNO2S/c10-8-2-1-6-3-4-14(12,13)9(6)7(8)5-11/h1-4H. The van der Waals surface area contributed by atoms with Gasteiger partial charge in [-0.15, -0.1) is 0 Å². The fourth-order valence-corrected chi connectivity index (χ4v) is 2.97. The van der Waals surface area contributed by atoms with Gasteiger partial charge in [-0.2, -0.15) is 5.26 Å². The Morgan fingerprint density at radius 2 is 2.07 bits per heavy atom. The van der Waals surface area contributed by atoms with Crippen LogP contribution in [0.25, 0.3) is 6.08 Å². The van der Waals surface area contributed by atoms with Crippen LogP contribution in [0.5, 0.6) is 0 Å². The average Bonchev–Trinajstić information content (AvgIpc) is 2.43. The van der Waals surface area contributed by atoms with E-state index in [1.54, 1.807) is 12.1 Å². The molecule has 0 atom stereocenters. The molecule has 0 N–H and O–H groups in total. The van der Waals surface area contributed by atoms with Crippen LogP contribution >= 0.6 is 11.6 Å². The molecule has 0 unspecified atom stereocenters. The van der Waals surface area contributed by atoms with Crippen LogP contribution in [0.4, 0.5) is 0 Å². The van der Waals surface area contributed by atoms with Crippen LogP contribution in [0, 0.1) is 11.3 Å². The number of nitriles is 1. The smallest absolute Gasteiger partial charge is 0.201 e. The van der Waals surface area contributed by atoms with Gasteiger partial charge in [-0.1, -0.05) is 17.7 Å². The van der Waals surface area contributed by atoms with E-state index in [-0.39, 0.29) is 15.5 Å². The van der Waals surface area contributed by atoms with Crippen LogP contribution in [0.2, 0.25) is 5.02 Å². The van der Waals surface area contributed by atoms with Crippen molar-refractivity contribution in [3.63, 3.8) is 0 Å². The van der Waals surface area contributed by atoms with Crippen molar-refractivity contribution >= 4 is 27.5 Å². The van der Waals surface area contributed by atoms with E-state index in [1.807, 2.05) is 0 Å². The van der Waals surface area contributed by atoms with Crippen molar-refractivity contribution in [2.75, 3.05) is 0 Å². The topological polar surface area (TPSA) is 57.9 Å². The molecular weight excluding hydrogens is 222 g/mol. The number of halogens is 1. The van der Waals surface area contributed by atoms with Gasteiger partial charge in [0.15, 0.2) is 0 Å². The SMILES string of the molecule is N#Cc1c(Cl)ccc2c1S(=O)(=O)C=C2. The first-order chi connectivity index (χ1) is 6.56. The summed E-state index contributed by atoms with van der Waals surface area (Å²) in [6, 6.07) is 4.90. The highest BCUT2D eigenvalue weighted by molar-refractivity contribution is 7.95. The van der Waals surface area contributed by atoms with Crippen LogP contribution < -0.4 is 0 Å². The van der Waals surface area contributed by atoms with E-state index in [0.717, 1.165) is 5.41 Å². The van der Waals surface area contributed by atoms with Crippen molar-refractivity contribution in [3.8, 4) is 6.07 Å². The summed E-state index contributed by atoms with van der Waals surface area (Å²) in [5, 5.41) is 10.0. The second kappa shape index (κ2) is 2.84. The molecule has 1 aliphatic heterocycles. The summed E-state index contributed by atoms with van der Waals surface area (Å²) >= 11 is 5.72. The number of nitrogens with zero attached hydrogens (tertiary/aromatic N) is 1. The molecule has 14 heavy (non-hydrogen) atoms. The Labute approximate surface area is 86.2 Å². The molecule has 70 valence electrons. The van der Waals surface area contributed by atoms with E-state index in [4.69, 9.17) is 16.9 Å². The van der Waals surface area contributed by atoms with Crippen LogP contribution in [-0.4, -0.2) is 8.42 Å². The first-order valence-corrected chi connectivity index (χ1v) is 5.64. The van der Waals surface area contributed by atoms with Crippen LogP contribution in [-0.2, 0) is 9.84 Å². The van der Waals surface area contributed by atoms with E-state index in [2.05, 4.69) is 0 Å². The second-order valence-electron chi connectivity index (χ2n) is 2.80. The maximum atomic E-state index is 11.5. The normalized spacial score (nSPS) is 16.3. The molecule has 0 saturated carbocycles. The predicted molar refractivity (Wildman–Crippen MR) is 52.4 cm³/mol. The third-order valence-electron chi connectivity index (χ3n) is 1.96. The van der Waals surface area contributed by atoms with E-state index < -0.39 is 9.84 Å². The summed E-state index contributed by atoms with van der Waals surface area (Å²) < 4.78 is 23.0. The summed E-state index contributed by atoms with van der Waals surface area (Å²) in [7, 11) is -3.46. The Hall–Kier alpha value is -1.31. The van der Waals surface area contributed by atoms with Crippen LogP contribution in [0.15, 0.2) is 22.4 Å². The number of sulfone groups is 1. The zero-order valence-corrected chi connectivity index (χ0v) is 8.43. The Morgan fingerprint density at radius 1 is 1.36 bits per heavy atom. The van der Waals surface area contributed by atoms with Gasteiger partial charge < -0.3 is 0 Å². The monoisotopic (exact) mass is 225 g/mol. The molecule has 1 aromatic carbocycles. The fourth-order valence-electron chi connectivity index (χ4n) is 1.35. The lowest BCUT2D eigenvalue weighted by Crippen LogP contribution is -1.98. The quantitative estimate of drug-likeness (QED) is 0.678.